The first-order valence-electron chi connectivity index (χ1n) is 5.49. The molecule has 0 saturated heterocycles. The molecule has 0 radical (unpaired) electrons. The Labute approximate surface area is 103 Å². The van der Waals surface area contributed by atoms with E-state index >= 15 is 0 Å². The van der Waals surface area contributed by atoms with Gasteiger partial charge in [-0.3, -0.25) is 4.79 Å². The van der Waals surface area contributed by atoms with Crippen molar-refractivity contribution in [2.75, 3.05) is 27.2 Å². The van der Waals surface area contributed by atoms with Gasteiger partial charge in [-0.15, -0.1) is 0 Å². The average Bonchev–Trinajstić information content (AvgIpc) is 2.21. The second kappa shape index (κ2) is 6.27. The van der Waals surface area contributed by atoms with Crippen molar-refractivity contribution < 1.29 is 14.3 Å². The topological polar surface area (TPSA) is 49.9 Å². The number of rotatable bonds is 4. The van der Waals surface area contributed by atoms with E-state index in [-0.39, 0.29) is 5.91 Å². The third kappa shape index (κ3) is 6.60. The molecule has 5 nitrogen and oxygen atoms in total. The predicted octanol–water partition coefficient (Wildman–Crippen LogP) is 1.50. The lowest BCUT2D eigenvalue weighted by Crippen LogP contribution is -2.39. The molecule has 98 valence electrons. The lowest BCUT2D eigenvalue weighted by atomic mass is 10.2. The van der Waals surface area contributed by atoms with Crippen LogP contribution in [-0.4, -0.2) is 54.6 Å². The van der Waals surface area contributed by atoms with Crippen molar-refractivity contribution in [3.05, 3.63) is 12.7 Å². The molecule has 0 aliphatic heterocycles. The first kappa shape index (κ1) is 15.5. The van der Waals surface area contributed by atoms with E-state index in [1.807, 2.05) is 20.8 Å². The van der Waals surface area contributed by atoms with Crippen LogP contribution in [-0.2, 0) is 9.53 Å². The summed E-state index contributed by atoms with van der Waals surface area (Å²) in [4.78, 5) is 25.7. The molecule has 0 N–H and O–H groups in total. The van der Waals surface area contributed by atoms with E-state index in [1.54, 1.807) is 14.1 Å². The highest BCUT2D eigenvalue weighted by Gasteiger charge is 2.19. The van der Waals surface area contributed by atoms with E-state index in [4.69, 9.17) is 4.74 Å². The molecule has 0 atom stereocenters. The maximum Gasteiger partial charge on any atom is 0.410 e. The molecule has 0 saturated carbocycles. The Hall–Kier alpha value is -1.52. The Morgan fingerprint density at radius 2 is 1.65 bits per heavy atom. The van der Waals surface area contributed by atoms with Gasteiger partial charge in [0, 0.05) is 27.2 Å². The van der Waals surface area contributed by atoms with Gasteiger partial charge in [0.25, 0.3) is 0 Å². The molecule has 2 amide bonds. The van der Waals surface area contributed by atoms with Crippen LogP contribution < -0.4 is 0 Å². The van der Waals surface area contributed by atoms with Crippen molar-refractivity contribution >= 4 is 12.0 Å². The summed E-state index contributed by atoms with van der Waals surface area (Å²) < 4.78 is 5.18. The van der Waals surface area contributed by atoms with E-state index in [2.05, 4.69) is 6.58 Å². The number of likely N-dealkylation sites (N-methyl/N-ethyl adjacent to an activating group) is 2. The van der Waals surface area contributed by atoms with E-state index in [0.29, 0.717) is 13.1 Å². The van der Waals surface area contributed by atoms with Gasteiger partial charge in [-0.25, -0.2) is 4.79 Å². The van der Waals surface area contributed by atoms with Crippen molar-refractivity contribution in [2.24, 2.45) is 0 Å². The summed E-state index contributed by atoms with van der Waals surface area (Å²) in [7, 11) is 3.30. The Bertz CT molecular complexity index is 295. The van der Waals surface area contributed by atoms with Crippen LogP contribution in [0.3, 0.4) is 0 Å². The molecule has 0 aromatic heterocycles. The molecule has 0 bridgehead atoms. The van der Waals surface area contributed by atoms with Crippen molar-refractivity contribution in [3.8, 4) is 0 Å². The van der Waals surface area contributed by atoms with E-state index in [9.17, 15) is 9.59 Å². The summed E-state index contributed by atoms with van der Waals surface area (Å²) in [6.07, 6.45) is 0.852. The van der Waals surface area contributed by atoms with E-state index in [0.717, 1.165) is 0 Å². The molecule has 0 aliphatic carbocycles. The lowest BCUT2D eigenvalue weighted by molar-refractivity contribution is -0.124. The highest BCUT2D eigenvalue weighted by molar-refractivity contribution is 5.86. The number of carbonyl (C=O) groups is 2. The first-order chi connectivity index (χ1) is 7.67. The SMILES string of the molecule is C=CC(=O)N(C)CCN(C)C(=O)OC(C)(C)C. The molecule has 0 unspecified atom stereocenters. The van der Waals surface area contributed by atoms with Crippen LogP contribution in [0.1, 0.15) is 20.8 Å². The highest BCUT2D eigenvalue weighted by atomic mass is 16.6. The van der Waals surface area contributed by atoms with Gasteiger partial charge >= 0.3 is 6.09 Å². The van der Waals surface area contributed by atoms with Crippen LogP contribution in [0.2, 0.25) is 0 Å². The Morgan fingerprint density at radius 1 is 1.18 bits per heavy atom. The van der Waals surface area contributed by atoms with Gasteiger partial charge in [0.1, 0.15) is 5.60 Å². The van der Waals surface area contributed by atoms with Crippen molar-refractivity contribution in [3.63, 3.8) is 0 Å². The van der Waals surface area contributed by atoms with Crippen LogP contribution in [0.4, 0.5) is 4.79 Å². The average molecular weight is 242 g/mol. The number of hydrogen-bond acceptors (Lipinski definition) is 3. The number of ether oxygens (including phenoxy) is 1. The number of amides is 2. The molecule has 5 heteroatoms. The second-order valence-electron chi connectivity index (χ2n) is 4.87. The van der Waals surface area contributed by atoms with Crippen LogP contribution in [0.25, 0.3) is 0 Å². The van der Waals surface area contributed by atoms with Gasteiger partial charge < -0.3 is 14.5 Å². The summed E-state index contributed by atoms with van der Waals surface area (Å²) in [6, 6.07) is 0. The molecular formula is C12H22N2O3. The molecule has 0 fully saturated rings. The van der Waals surface area contributed by atoms with Crippen LogP contribution >= 0.6 is 0 Å². The third-order valence-corrected chi connectivity index (χ3v) is 2.03. The van der Waals surface area contributed by atoms with Crippen molar-refractivity contribution in [1.82, 2.24) is 9.80 Å². The lowest BCUT2D eigenvalue weighted by Gasteiger charge is -2.26. The summed E-state index contributed by atoms with van der Waals surface area (Å²) >= 11 is 0. The normalized spacial score (nSPS) is 10.6. The number of nitrogens with zero attached hydrogens (tertiary/aromatic N) is 2. The van der Waals surface area contributed by atoms with Gasteiger partial charge in [-0.2, -0.15) is 0 Å². The zero-order valence-corrected chi connectivity index (χ0v) is 11.3. The molecule has 0 aliphatic rings. The molecule has 0 rings (SSSR count). The van der Waals surface area contributed by atoms with Gasteiger partial charge in [0.05, 0.1) is 0 Å². The Kier molecular flexibility index (Phi) is 5.71. The fourth-order valence-electron chi connectivity index (χ4n) is 0.997. The van der Waals surface area contributed by atoms with Crippen LogP contribution in [0, 0.1) is 0 Å². The summed E-state index contributed by atoms with van der Waals surface area (Å²) in [6.45, 7) is 9.70. The highest BCUT2D eigenvalue weighted by Crippen LogP contribution is 2.08. The monoisotopic (exact) mass is 242 g/mol. The number of carbonyl (C=O) groups excluding carboxylic acids is 2. The summed E-state index contributed by atoms with van der Waals surface area (Å²) in [5, 5.41) is 0. The minimum absolute atomic E-state index is 0.164. The van der Waals surface area contributed by atoms with Gasteiger partial charge in [0.2, 0.25) is 5.91 Å². The largest absolute Gasteiger partial charge is 0.444 e. The smallest absolute Gasteiger partial charge is 0.410 e. The first-order valence-corrected chi connectivity index (χ1v) is 5.49. The molecular weight excluding hydrogens is 220 g/mol. The van der Waals surface area contributed by atoms with E-state index < -0.39 is 11.7 Å². The van der Waals surface area contributed by atoms with Gasteiger partial charge in [0.15, 0.2) is 0 Å². The fourth-order valence-corrected chi connectivity index (χ4v) is 0.997. The van der Waals surface area contributed by atoms with Crippen LogP contribution in [0.15, 0.2) is 12.7 Å². The third-order valence-electron chi connectivity index (χ3n) is 2.03. The minimum Gasteiger partial charge on any atom is -0.444 e. The van der Waals surface area contributed by atoms with Gasteiger partial charge in [-0.1, -0.05) is 6.58 Å². The molecule has 0 aromatic rings. The quantitative estimate of drug-likeness (QED) is 0.702. The van der Waals surface area contributed by atoms with Crippen molar-refractivity contribution in [1.29, 1.82) is 0 Å². The minimum atomic E-state index is -0.506. The van der Waals surface area contributed by atoms with E-state index in [1.165, 1.54) is 15.9 Å². The zero-order chi connectivity index (χ0) is 13.6. The van der Waals surface area contributed by atoms with Crippen molar-refractivity contribution in [2.45, 2.75) is 26.4 Å². The number of hydrogen-bond donors (Lipinski definition) is 0. The predicted molar refractivity (Wildman–Crippen MR) is 66.7 cm³/mol. The maximum atomic E-state index is 11.6. The second-order valence-corrected chi connectivity index (χ2v) is 4.87. The molecule has 0 heterocycles. The Balaban J connectivity index is 4.10. The fraction of sp³-hybridized carbons (Fsp3) is 0.667. The molecule has 17 heavy (non-hydrogen) atoms. The molecule has 0 aromatic carbocycles. The van der Waals surface area contributed by atoms with Crippen LogP contribution in [0.5, 0.6) is 0 Å². The zero-order valence-electron chi connectivity index (χ0n) is 11.3. The van der Waals surface area contributed by atoms with Gasteiger partial charge in [-0.05, 0) is 26.8 Å². The molecule has 0 spiro atoms. The summed E-state index contributed by atoms with van der Waals surface area (Å²) in [5.74, 6) is -0.164. The standard InChI is InChI=1S/C12H22N2O3/c1-7-10(15)13(5)8-9-14(6)11(16)17-12(2,3)4/h7H,1,8-9H2,2-6H3. The maximum absolute atomic E-state index is 11.6. The summed E-state index contributed by atoms with van der Waals surface area (Å²) in [5.41, 5.74) is -0.506. The Morgan fingerprint density at radius 3 is 2.06 bits per heavy atom.